The first kappa shape index (κ1) is 21.3. The number of likely N-dealkylation sites (N-methyl/N-ethyl adjacent to an activating group) is 1. The van der Waals surface area contributed by atoms with Gasteiger partial charge in [-0.2, -0.15) is 8.42 Å². The zero-order valence-corrected chi connectivity index (χ0v) is 18.5. The Bertz CT molecular complexity index is 1190. The molecule has 4 rings (SSSR count). The van der Waals surface area contributed by atoms with Crippen LogP contribution in [-0.2, 0) is 33.7 Å². The predicted molar refractivity (Wildman–Crippen MR) is 117 cm³/mol. The molecule has 5 nitrogen and oxygen atoms in total. The van der Waals surface area contributed by atoms with Gasteiger partial charge in [-0.05, 0) is 43.3 Å². The first-order chi connectivity index (χ1) is 14.2. The molecule has 1 atom stereocenters. The summed E-state index contributed by atoms with van der Waals surface area (Å²) < 4.78 is 45.9. The number of aromatic nitrogens is 1. The molecule has 0 amide bonds. The number of hydrogen-bond donors (Lipinski definition) is 0. The number of nitrogens with zero attached hydrogens (tertiary/aromatic N) is 2. The van der Waals surface area contributed by atoms with Crippen molar-refractivity contribution in [1.82, 2.24) is 9.47 Å². The molecule has 8 heteroatoms. The second kappa shape index (κ2) is 8.30. The van der Waals surface area contributed by atoms with Crippen molar-refractivity contribution in [1.29, 1.82) is 0 Å². The first-order valence-corrected chi connectivity index (χ1v) is 12.0. The van der Waals surface area contributed by atoms with Gasteiger partial charge in [-0.25, -0.2) is 4.39 Å². The summed E-state index contributed by atoms with van der Waals surface area (Å²) in [5.41, 5.74) is 3.50. The summed E-state index contributed by atoms with van der Waals surface area (Å²) in [6, 6.07) is 11.9. The average Bonchev–Trinajstić information content (AvgIpc) is 2.80. The summed E-state index contributed by atoms with van der Waals surface area (Å²) in [4.78, 5) is 2.27. The molecule has 0 radical (unpaired) electrons. The van der Waals surface area contributed by atoms with Crippen LogP contribution in [0.4, 0.5) is 4.39 Å². The van der Waals surface area contributed by atoms with Gasteiger partial charge in [0.05, 0.1) is 12.8 Å². The van der Waals surface area contributed by atoms with Crippen LogP contribution in [-0.4, -0.2) is 44.3 Å². The Morgan fingerprint density at radius 2 is 1.90 bits per heavy atom. The van der Waals surface area contributed by atoms with Gasteiger partial charge in [-0.1, -0.05) is 29.8 Å². The molecule has 1 aromatic heterocycles. The van der Waals surface area contributed by atoms with E-state index in [4.69, 9.17) is 15.8 Å². The van der Waals surface area contributed by atoms with Gasteiger partial charge < -0.3 is 9.47 Å². The van der Waals surface area contributed by atoms with Crippen LogP contribution in [0.5, 0.6) is 0 Å². The van der Waals surface area contributed by atoms with Crippen LogP contribution in [0.2, 0.25) is 5.02 Å². The third kappa shape index (κ3) is 4.39. The Labute approximate surface area is 181 Å². The fourth-order valence-electron chi connectivity index (χ4n) is 4.23. The van der Waals surface area contributed by atoms with Crippen molar-refractivity contribution in [2.24, 2.45) is 0 Å². The molecule has 0 bridgehead atoms. The van der Waals surface area contributed by atoms with Crippen molar-refractivity contribution in [3.05, 3.63) is 70.1 Å². The highest BCUT2D eigenvalue weighted by atomic mass is 35.5. The van der Waals surface area contributed by atoms with Crippen LogP contribution in [0.1, 0.15) is 22.9 Å². The van der Waals surface area contributed by atoms with E-state index in [2.05, 4.69) is 16.5 Å². The molecule has 30 heavy (non-hydrogen) atoms. The minimum absolute atomic E-state index is 0.186. The fraction of sp³-hybridized carbons (Fsp3) is 0.364. The third-order valence-electron chi connectivity index (χ3n) is 5.61. The number of fused-ring (bicyclic) bond motifs is 3. The molecule has 1 aliphatic heterocycles. The molecule has 0 saturated heterocycles. The standard InChI is InChI=1S/C22H24ClFN2O3S/c1-25-11-9-16-18-13-15(23)7-8-20(18)26(21(16)10-12-25)14-22(29-30(2,27)28)17-5-3-4-6-19(17)24/h3-8,13,22H,9-12,14H2,1-2H3. The highest BCUT2D eigenvalue weighted by Gasteiger charge is 2.26. The number of benzene rings is 2. The van der Waals surface area contributed by atoms with E-state index in [-0.39, 0.29) is 12.1 Å². The molecular formula is C22H24ClFN2O3S. The summed E-state index contributed by atoms with van der Waals surface area (Å²) in [6.45, 7) is 1.99. The summed E-state index contributed by atoms with van der Waals surface area (Å²) in [7, 11) is -1.71. The normalized spacial score (nSPS) is 16.4. The van der Waals surface area contributed by atoms with Gasteiger partial charge >= 0.3 is 0 Å². The molecule has 0 N–H and O–H groups in total. The maximum absolute atomic E-state index is 14.6. The second-order valence-electron chi connectivity index (χ2n) is 7.81. The number of halogens is 2. The Balaban J connectivity index is 1.86. The van der Waals surface area contributed by atoms with Gasteiger partial charge in [-0.15, -0.1) is 0 Å². The van der Waals surface area contributed by atoms with Crippen LogP contribution < -0.4 is 0 Å². The zero-order valence-electron chi connectivity index (χ0n) is 16.9. The van der Waals surface area contributed by atoms with Crippen molar-refractivity contribution < 1.29 is 17.0 Å². The molecular weight excluding hydrogens is 427 g/mol. The third-order valence-corrected chi connectivity index (χ3v) is 6.43. The summed E-state index contributed by atoms with van der Waals surface area (Å²) in [6.07, 6.45) is 1.69. The van der Waals surface area contributed by atoms with Gasteiger partial charge in [0, 0.05) is 46.7 Å². The summed E-state index contributed by atoms with van der Waals surface area (Å²) >= 11 is 6.28. The van der Waals surface area contributed by atoms with Gasteiger partial charge in [0.15, 0.2) is 0 Å². The molecule has 1 unspecified atom stereocenters. The van der Waals surface area contributed by atoms with Crippen molar-refractivity contribution >= 4 is 32.6 Å². The number of hydrogen-bond acceptors (Lipinski definition) is 4. The van der Waals surface area contributed by atoms with Crippen LogP contribution in [0.3, 0.4) is 0 Å². The van der Waals surface area contributed by atoms with Crippen molar-refractivity contribution in [2.75, 3.05) is 26.4 Å². The van der Waals surface area contributed by atoms with E-state index in [0.717, 1.165) is 48.8 Å². The van der Waals surface area contributed by atoms with Crippen molar-refractivity contribution in [3.8, 4) is 0 Å². The van der Waals surface area contributed by atoms with Crippen LogP contribution in [0, 0.1) is 5.82 Å². The maximum Gasteiger partial charge on any atom is 0.265 e. The van der Waals surface area contributed by atoms with Crippen molar-refractivity contribution in [3.63, 3.8) is 0 Å². The highest BCUT2D eigenvalue weighted by Crippen LogP contribution is 2.34. The zero-order chi connectivity index (χ0) is 21.5. The molecule has 2 aromatic carbocycles. The van der Waals surface area contributed by atoms with Gasteiger partial charge in [-0.3, -0.25) is 4.18 Å². The Morgan fingerprint density at radius 1 is 1.17 bits per heavy atom. The van der Waals surface area contributed by atoms with Gasteiger partial charge in [0.2, 0.25) is 0 Å². The molecule has 160 valence electrons. The van der Waals surface area contributed by atoms with Crippen LogP contribution in [0.15, 0.2) is 42.5 Å². The molecule has 3 aromatic rings. The topological polar surface area (TPSA) is 51.5 Å². The predicted octanol–water partition coefficient (Wildman–Crippen LogP) is 4.18. The Morgan fingerprint density at radius 3 is 2.63 bits per heavy atom. The lowest BCUT2D eigenvalue weighted by Crippen LogP contribution is -2.22. The molecule has 0 aliphatic carbocycles. The molecule has 1 aliphatic rings. The second-order valence-corrected chi connectivity index (χ2v) is 9.85. The van der Waals surface area contributed by atoms with E-state index < -0.39 is 22.0 Å². The summed E-state index contributed by atoms with van der Waals surface area (Å²) in [5.74, 6) is -0.489. The summed E-state index contributed by atoms with van der Waals surface area (Å²) in [5, 5.41) is 1.71. The fourth-order valence-corrected chi connectivity index (χ4v) is 4.99. The Kier molecular flexibility index (Phi) is 5.90. The quantitative estimate of drug-likeness (QED) is 0.547. The highest BCUT2D eigenvalue weighted by molar-refractivity contribution is 7.86. The molecule has 2 heterocycles. The Hall–Kier alpha value is -1.93. The largest absolute Gasteiger partial charge is 0.341 e. The van der Waals surface area contributed by atoms with E-state index >= 15 is 0 Å². The lowest BCUT2D eigenvalue weighted by atomic mass is 10.1. The minimum atomic E-state index is -3.80. The number of rotatable bonds is 5. The van der Waals surface area contributed by atoms with Gasteiger partial charge in [0.1, 0.15) is 11.9 Å². The lowest BCUT2D eigenvalue weighted by molar-refractivity contribution is 0.189. The van der Waals surface area contributed by atoms with E-state index in [1.54, 1.807) is 18.2 Å². The first-order valence-electron chi connectivity index (χ1n) is 9.83. The SMILES string of the molecule is CN1CCc2c(n(CC(OS(C)(=O)=O)c3ccccc3F)c3ccc(Cl)cc23)CC1. The molecule has 0 spiro atoms. The maximum atomic E-state index is 14.6. The minimum Gasteiger partial charge on any atom is -0.341 e. The molecule has 0 saturated carbocycles. The van der Waals surface area contributed by atoms with E-state index in [1.165, 1.54) is 11.6 Å². The van der Waals surface area contributed by atoms with Crippen LogP contribution in [0.25, 0.3) is 10.9 Å². The monoisotopic (exact) mass is 450 g/mol. The van der Waals surface area contributed by atoms with Gasteiger partial charge in [0.25, 0.3) is 10.1 Å². The van der Waals surface area contributed by atoms with E-state index in [9.17, 15) is 12.8 Å². The lowest BCUT2D eigenvalue weighted by Gasteiger charge is -2.21. The molecule has 0 fully saturated rings. The van der Waals surface area contributed by atoms with E-state index in [1.807, 2.05) is 18.2 Å². The smallest absolute Gasteiger partial charge is 0.265 e. The average molecular weight is 451 g/mol. The van der Waals surface area contributed by atoms with E-state index in [0.29, 0.717) is 5.02 Å². The van der Waals surface area contributed by atoms with Crippen LogP contribution >= 0.6 is 11.6 Å². The van der Waals surface area contributed by atoms with Crippen molar-refractivity contribution in [2.45, 2.75) is 25.5 Å².